The Kier molecular flexibility index (Phi) is 5.21. The molecular formula is C27H24FN5O2. The van der Waals surface area contributed by atoms with Crippen molar-refractivity contribution in [2.24, 2.45) is 0 Å². The number of urea groups is 1. The quantitative estimate of drug-likeness (QED) is 0.440. The summed E-state index contributed by atoms with van der Waals surface area (Å²) >= 11 is 0. The van der Waals surface area contributed by atoms with E-state index in [9.17, 15) is 14.0 Å². The largest absolute Gasteiger partial charge is 0.336 e. The van der Waals surface area contributed by atoms with Gasteiger partial charge in [-0.05, 0) is 36.2 Å². The maximum absolute atomic E-state index is 14.4. The van der Waals surface area contributed by atoms with Crippen molar-refractivity contribution in [3.63, 3.8) is 0 Å². The summed E-state index contributed by atoms with van der Waals surface area (Å²) in [7, 11) is 0. The van der Waals surface area contributed by atoms with Gasteiger partial charge >= 0.3 is 6.03 Å². The molecule has 0 N–H and O–H groups in total. The summed E-state index contributed by atoms with van der Waals surface area (Å²) in [6.45, 7) is 2.14. The summed E-state index contributed by atoms with van der Waals surface area (Å²) in [5, 5.41) is 5.16. The van der Waals surface area contributed by atoms with E-state index in [1.165, 1.54) is 6.07 Å². The predicted molar refractivity (Wildman–Crippen MR) is 131 cm³/mol. The number of benzene rings is 3. The first-order valence-corrected chi connectivity index (χ1v) is 11.7. The van der Waals surface area contributed by atoms with E-state index in [0.29, 0.717) is 49.5 Å². The smallest absolute Gasteiger partial charge is 0.325 e. The topological polar surface area (TPSA) is 61.7 Å². The van der Waals surface area contributed by atoms with Crippen molar-refractivity contribution < 1.29 is 14.0 Å². The van der Waals surface area contributed by atoms with Gasteiger partial charge in [0.2, 0.25) is 5.91 Å². The molecule has 2 aliphatic heterocycles. The third kappa shape index (κ3) is 3.62. The zero-order valence-corrected chi connectivity index (χ0v) is 19.0. The fourth-order valence-corrected chi connectivity index (χ4v) is 5.13. The molecule has 7 nitrogen and oxygen atoms in total. The molecule has 1 unspecified atom stereocenters. The number of likely N-dealkylation sites (tertiary alicyclic amines) is 1. The number of carbonyl (C=O) groups is 2. The molecule has 2 fully saturated rings. The van der Waals surface area contributed by atoms with Crippen LogP contribution in [-0.4, -0.2) is 57.2 Å². The number of halogens is 1. The Morgan fingerprint density at radius 3 is 2.46 bits per heavy atom. The first kappa shape index (κ1) is 21.3. The zero-order chi connectivity index (χ0) is 23.9. The number of anilines is 1. The number of aromatic nitrogens is 2. The lowest BCUT2D eigenvalue weighted by atomic mass is 10.2. The molecule has 3 aromatic carbocycles. The average Bonchev–Trinajstić information content (AvgIpc) is 3.57. The van der Waals surface area contributed by atoms with Gasteiger partial charge in [0, 0.05) is 31.6 Å². The molecule has 6 rings (SSSR count). The number of para-hydroxylation sites is 1. The SMILES string of the molecule is O=C1C(N2CCN(c3cccc4c3cnn4-c3ccccc3F)C2=O)CCN1Cc1ccccc1. The van der Waals surface area contributed by atoms with Crippen LogP contribution in [0.4, 0.5) is 14.9 Å². The van der Waals surface area contributed by atoms with Crippen LogP contribution >= 0.6 is 0 Å². The van der Waals surface area contributed by atoms with Gasteiger partial charge in [0.25, 0.3) is 0 Å². The van der Waals surface area contributed by atoms with Crippen molar-refractivity contribution in [3.8, 4) is 5.69 Å². The number of carbonyl (C=O) groups excluding carboxylic acids is 2. The number of hydrogen-bond donors (Lipinski definition) is 0. The van der Waals surface area contributed by atoms with E-state index in [1.54, 1.807) is 38.9 Å². The minimum atomic E-state index is -0.448. The second-order valence-electron chi connectivity index (χ2n) is 8.90. The number of hydrogen-bond acceptors (Lipinski definition) is 3. The average molecular weight is 470 g/mol. The van der Waals surface area contributed by atoms with Crippen molar-refractivity contribution in [2.75, 3.05) is 24.5 Å². The van der Waals surface area contributed by atoms with Crippen LogP contribution in [0, 0.1) is 5.82 Å². The van der Waals surface area contributed by atoms with Crippen LogP contribution in [-0.2, 0) is 11.3 Å². The molecule has 2 saturated heterocycles. The van der Waals surface area contributed by atoms with Crippen LogP contribution in [0.5, 0.6) is 0 Å². The first-order chi connectivity index (χ1) is 17.1. The Labute approximate surface area is 202 Å². The zero-order valence-electron chi connectivity index (χ0n) is 19.0. The third-order valence-corrected chi connectivity index (χ3v) is 6.86. The molecular weight excluding hydrogens is 445 g/mol. The molecule has 3 heterocycles. The summed E-state index contributed by atoms with van der Waals surface area (Å²) < 4.78 is 16.0. The van der Waals surface area contributed by atoms with Crippen molar-refractivity contribution in [2.45, 2.75) is 19.0 Å². The van der Waals surface area contributed by atoms with Gasteiger partial charge in [-0.25, -0.2) is 13.9 Å². The minimum Gasteiger partial charge on any atom is -0.336 e. The molecule has 8 heteroatoms. The fourth-order valence-electron chi connectivity index (χ4n) is 5.13. The van der Waals surface area contributed by atoms with E-state index in [1.807, 2.05) is 53.4 Å². The molecule has 0 saturated carbocycles. The Bertz CT molecular complexity index is 1420. The van der Waals surface area contributed by atoms with Crippen LogP contribution in [0.2, 0.25) is 0 Å². The molecule has 4 aromatic rings. The molecule has 1 atom stereocenters. The number of nitrogens with zero attached hydrogens (tertiary/aromatic N) is 5. The van der Waals surface area contributed by atoms with E-state index >= 15 is 0 Å². The van der Waals surface area contributed by atoms with Gasteiger partial charge in [0.1, 0.15) is 17.5 Å². The van der Waals surface area contributed by atoms with Gasteiger partial charge in [0.05, 0.1) is 17.4 Å². The van der Waals surface area contributed by atoms with Crippen LogP contribution in [0.1, 0.15) is 12.0 Å². The highest BCUT2D eigenvalue weighted by atomic mass is 19.1. The van der Waals surface area contributed by atoms with E-state index in [4.69, 9.17) is 0 Å². The monoisotopic (exact) mass is 469 g/mol. The van der Waals surface area contributed by atoms with Gasteiger partial charge in [-0.2, -0.15) is 5.10 Å². The van der Waals surface area contributed by atoms with Crippen LogP contribution < -0.4 is 4.90 Å². The Morgan fingerprint density at radius 2 is 1.63 bits per heavy atom. The summed E-state index contributed by atoms with van der Waals surface area (Å²) in [6.07, 6.45) is 2.29. The van der Waals surface area contributed by atoms with E-state index < -0.39 is 6.04 Å². The first-order valence-electron chi connectivity index (χ1n) is 11.7. The molecule has 35 heavy (non-hydrogen) atoms. The van der Waals surface area contributed by atoms with Crippen molar-refractivity contribution >= 4 is 28.5 Å². The lowest BCUT2D eigenvalue weighted by molar-refractivity contribution is -0.131. The Balaban J connectivity index is 1.24. The number of rotatable bonds is 5. The second kappa shape index (κ2) is 8.54. The summed E-state index contributed by atoms with van der Waals surface area (Å²) in [5.41, 5.74) is 2.85. The molecule has 2 aliphatic rings. The molecule has 0 bridgehead atoms. The minimum absolute atomic E-state index is 0.00497. The maximum atomic E-state index is 14.4. The highest BCUT2D eigenvalue weighted by molar-refractivity contribution is 6.05. The molecule has 0 aliphatic carbocycles. The predicted octanol–water partition coefficient (Wildman–Crippen LogP) is 4.21. The van der Waals surface area contributed by atoms with Crippen molar-refractivity contribution in [1.82, 2.24) is 19.6 Å². The van der Waals surface area contributed by atoms with Crippen LogP contribution in [0.15, 0.2) is 79.0 Å². The van der Waals surface area contributed by atoms with E-state index in [0.717, 1.165) is 10.9 Å². The normalized spacial score (nSPS) is 18.3. The third-order valence-electron chi connectivity index (χ3n) is 6.86. The van der Waals surface area contributed by atoms with Gasteiger partial charge in [-0.3, -0.25) is 9.69 Å². The lowest BCUT2D eigenvalue weighted by Gasteiger charge is -2.24. The van der Waals surface area contributed by atoms with Crippen molar-refractivity contribution in [1.29, 1.82) is 0 Å². The van der Waals surface area contributed by atoms with Crippen LogP contribution in [0.25, 0.3) is 16.6 Å². The van der Waals surface area contributed by atoms with Gasteiger partial charge in [-0.1, -0.05) is 48.5 Å². The Hall–Kier alpha value is -4.20. The lowest BCUT2D eigenvalue weighted by Crippen LogP contribution is -2.44. The molecule has 176 valence electrons. The molecule has 0 radical (unpaired) electrons. The van der Waals surface area contributed by atoms with E-state index in [2.05, 4.69) is 5.10 Å². The van der Waals surface area contributed by atoms with Gasteiger partial charge in [0.15, 0.2) is 0 Å². The summed E-state index contributed by atoms with van der Waals surface area (Å²) in [5.74, 6) is -0.374. The van der Waals surface area contributed by atoms with Gasteiger partial charge in [-0.15, -0.1) is 0 Å². The molecule has 1 aromatic heterocycles. The maximum Gasteiger partial charge on any atom is 0.325 e. The molecule has 0 spiro atoms. The standard InChI is InChI=1S/C27H24FN5O2/c28-21-9-4-5-10-24(21)33-23-12-6-11-22(20(23)17-29-33)31-15-16-32(27(31)35)25-13-14-30(26(25)34)18-19-7-2-1-3-8-19/h1-12,17,25H,13-16,18H2. The summed E-state index contributed by atoms with van der Waals surface area (Å²) in [6, 6.07) is 21.3. The van der Waals surface area contributed by atoms with Crippen LogP contribution in [0.3, 0.4) is 0 Å². The highest BCUT2D eigenvalue weighted by Crippen LogP contribution is 2.33. The fraction of sp³-hybridized carbons (Fsp3) is 0.222. The Morgan fingerprint density at radius 1 is 0.857 bits per heavy atom. The second-order valence-corrected chi connectivity index (χ2v) is 8.90. The number of amides is 3. The molecule has 3 amide bonds. The van der Waals surface area contributed by atoms with Gasteiger partial charge < -0.3 is 9.80 Å². The van der Waals surface area contributed by atoms with E-state index in [-0.39, 0.29) is 17.8 Å². The summed E-state index contributed by atoms with van der Waals surface area (Å²) in [4.78, 5) is 31.8. The van der Waals surface area contributed by atoms with Crippen molar-refractivity contribution in [3.05, 3.63) is 90.4 Å². The number of fused-ring (bicyclic) bond motifs is 1. The highest BCUT2D eigenvalue weighted by Gasteiger charge is 2.43.